The molecule has 0 aromatic heterocycles. The number of carbonyl (C=O) groups is 2. The molecule has 4 N–H and O–H groups in total. The Balaban J connectivity index is 1.88. The Morgan fingerprint density at radius 2 is 1.33 bits per heavy atom. The summed E-state index contributed by atoms with van der Waals surface area (Å²) in [4.78, 5) is 23.1. The minimum atomic E-state index is -0.471. The third-order valence-corrected chi connectivity index (χ3v) is 5.45. The van der Waals surface area contributed by atoms with Crippen LogP contribution in [0.5, 0.6) is 0 Å². The summed E-state index contributed by atoms with van der Waals surface area (Å²) < 4.78 is 0. The molecule has 0 radical (unpaired) electrons. The third-order valence-electron chi connectivity index (χ3n) is 5.45. The van der Waals surface area contributed by atoms with Gasteiger partial charge in [-0.1, -0.05) is 96.5 Å². The molecular weight excluding hydrogens is 374 g/mol. The maximum absolute atomic E-state index is 11.9. The van der Waals surface area contributed by atoms with Gasteiger partial charge in [0.05, 0.1) is 6.54 Å². The van der Waals surface area contributed by atoms with Gasteiger partial charge in [0.15, 0.2) is 0 Å². The van der Waals surface area contributed by atoms with Gasteiger partial charge in [-0.25, -0.2) is 0 Å². The predicted octanol–water partition coefficient (Wildman–Crippen LogP) is 5.79. The average molecular weight is 418 g/mol. The van der Waals surface area contributed by atoms with Gasteiger partial charge < -0.3 is 16.4 Å². The molecule has 170 valence electrons. The van der Waals surface area contributed by atoms with Gasteiger partial charge >= 0.3 is 0 Å². The molecule has 0 aliphatic carbocycles. The summed E-state index contributed by atoms with van der Waals surface area (Å²) in [6.07, 6.45) is 18.7. The zero-order valence-electron chi connectivity index (χ0n) is 19.0. The second-order valence-corrected chi connectivity index (χ2v) is 8.24. The van der Waals surface area contributed by atoms with Crippen molar-refractivity contribution in [2.75, 3.05) is 18.4 Å². The quantitative estimate of drug-likeness (QED) is 0.249. The number of amides is 2. The van der Waals surface area contributed by atoms with Gasteiger partial charge in [0.25, 0.3) is 0 Å². The highest BCUT2D eigenvalue weighted by Crippen LogP contribution is 2.13. The maximum atomic E-state index is 11.9. The van der Waals surface area contributed by atoms with Gasteiger partial charge in [-0.3, -0.25) is 9.59 Å². The van der Waals surface area contributed by atoms with Gasteiger partial charge in [-0.15, -0.1) is 0 Å². The number of nitrogens with two attached hydrogens (primary N) is 1. The highest BCUT2D eigenvalue weighted by molar-refractivity contribution is 5.93. The normalized spacial score (nSPS) is 10.7. The van der Waals surface area contributed by atoms with Crippen molar-refractivity contribution in [2.24, 2.45) is 5.73 Å². The lowest BCUT2D eigenvalue weighted by molar-refractivity contribution is -0.119. The van der Waals surface area contributed by atoms with E-state index in [4.69, 9.17) is 5.73 Å². The number of primary amides is 1. The Morgan fingerprint density at radius 3 is 1.87 bits per heavy atom. The first-order valence-electron chi connectivity index (χ1n) is 12.0. The first-order chi connectivity index (χ1) is 14.6. The molecule has 1 aromatic rings. The second kappa shape index (κ2) is 17.8. The number of nitrogens with one attached hydrogen (secondary N) is 2. The summed E-state index contributed by atoms with van der Waals surface area (Å²) in [5.74, 6) is -0.505. The van der Waals surface area contributed by atoms with Crippen LogP contribution < -0.4 is 16.4 Å². The van der Waals surface area contributed by atoms with Crippen LogP contribution in [0.3, 0.4) is 0 Å². The molecule has 5 heteroatoms. The number of hydrogen-bond acceptors (Lipinski definition) is 3. The van der Waals surface area contributed by atoms with Crippen molar-refractivity contribution in [2.45, 2.75) is 96.8 Å². The Bertz CT molecular complexity index is 590. The fourth-order valence-electron chi connectivity index (χ4n) is 3.57. The molecule has 0 saturated carbocycles. The standard InChI is InChI=1S/C25H43N3O2/c1-2-3-4-5-6-7-8-9-10-11-12-13-14-15-19-27-24(29)21-28-23-18-16-17-22(20-23)25(26)30/h16-18,20,28H,2-15,19,21H2,1H3,(H2,26,30)(H,27,29). The van der Waals surface area contributed by atoms with Crippen LogP contribution in [-0.2, 0) is 4.79 Å². The highest BCUT2D eigenvalue weighted by atomic mass is 16.2. The van der Waals surface area contributed by atoms with E-state index in [9.17, 15) is 9.59 Å². The van der Waals surface area contributed by atoms with Crippen LogP contribution in [0.25, 0.3) is 0 Å². The number of rotatable bonds is 19. The molecule has 1 aromatic carbocycles. The molecule has 0 aliphatic rings. The molecular formula is C25H43N3O2. The molecule has 0 bridgehead atoms. The predicted molar refractivity (Wildman–Crippen MR) is 127 cm³/mol. The molecule has 0 atom stereocenters. The molecule has 0 aliphatic heterocycles. The largest absolute Gasteiger partial charge is 0.376 e. The number of benzene rings is 1. The molecule has 0 saturated heterocycles. The number of unbranched alkanes of at least 4 members (excludes halogenated alkanes) is 13. The van der Waals surface area contributed by atoms with Crippen molar-refractivity contribution >= 4 is 17.5 Å². The molecule has 2 amide bonds. The van der Waals surface area contributed by atoms with Crippen LogP contribution in [0, 0.1) is 0 Å². The summed E-state index contributed by atoms with van der Waals surface area (Å²) in [5, 5.41) is 5.96. The highest BCUT2D eigenvalue weighted by Gasteiger charge is 2.03. The third kappa shape index (κ3) is 14.0. The van der Waals surface area contributed by atoms with E-state index in [2.05, 4.69) is 17.6 Å². The van der Waals surface area contributed by atoms with Crippen molar-refractivity contribution in [3.8, 4) is 0 Å². The van der Waals surface area contributed by atoms with E-state index in [1.54, 1.807) is 18.2 Å². The van der Waals surface area contributed by atoms with Crippen LogP contribution in [0.1, 0.15) is 107 Å². The second-order valence-electron chi connectivity index (χ2n) is 8.24. The van der Waals surface area contributed by atoms with Crippen molar-refractivity contribution in [1.29, 1.82) is 0 Å². The van der Waals surface area contributed by atoms with E-state index in [0.717, 1.165) is 18.7 Å². The smallest absolute Gasteiger partial charge is 0.248 e. The molecule has 0 fully saturated rings. The van der Waals surface area contributed by atoms with Crippen LogP contribution in [-0.4, -0.2) is 24.9 Å². The van der Waals surface area contributed by atoms with E-state index in [-0.39, 0.29) is 12.5 Å². The summed E-state index contributed by atoms with van der Waals surface area (Å²) in [7, 11) is 0. The molecule has 0 spiro atoms. The number of carbonyl (C=O) groups excluding carboxylic acids is 2. The Morgan fingerprint density at radius 1 is 0.800 bits per heavy atom. The molecule has 0 unspecified atom stereocenters. The Hall–Kier alpha value is -2.04. The van der Waals surface area contributed by atoms with Crippen LogP contribution in [0.4, 0.5) is 5.69 Å². The van der Waals surface area contributed by atoms with Crippen LogP contribution in [0.15, 0.2) is 24.3 Å². The lowest BCUT2D eigenvalue weighted by Crippen LogP contribution is -2.30. The van der Waals surface area contributed by atoms with E-state index in [0.29, 0.717) is 5.56 Å². The fourth-order valence-corrected chi connectivity index (χ4v) is 3.57. The van der Waals surface area contributed by atoms with E-state index in [1.807, 2.05) is 6.07 Å². The van der Waals surface area contributed by atoms with Crippen LogP contribution in [0.2, 0.25) is 0 Å². The zero-order valence-corrected chi connectivity index (χ0v) is 19.0. The molecule has 0 heterocycles. The fraction of sp³-hybridized carbons (Fsp3) is 0.680. The SMILES string of the molecule is CCCCCCCCCCCCCCCCNC(=O)CNc1cccc(C(N)=O)c1. The van der Waals surface area contributed by atoms with Crippen molar-refractivity contribution in [1.82, 2.24) is 5.32 Å². The van der Waals surface area contributed by atoms with Gasteiger partial charge in [0.1, 0.15) is 0 Å². The lowest BCUT2D eigenvalue weighted by Gasteiger charge is -2.08. The van der Waals surface area contributed by atoms with Crippen molar-refractivity contribution in [3.63, 3.8) is 0 Å². The maximum Gasteiger partial charge on any atom is 0.248 e. The van der Waals surface area contributed by atoms with E-state index < -0.39 is 5.91 Å². The summed E-state index contributed by atoms with van der Waals surface area (Å²) in [5.41, 5.74) is 6.42. The summed E-state index contributed by atoms with van der Waals surface area (Å²) in [6.45, 7) is 3.19. The van der Waals surface area contributed by atoms with E-state index in [1.165, 1.54) is 83.5 Å². The topological polar surface area (TPSA) is 84.2 Å². The first kappa shape index (κ1) is 26.0. The monoisotopic (exact) mass is 417 g/mol. The minimum Gasteiger partial charge on any atom is -0.376 e. The first-order valence-corrected chi connectivity index (χ1v) is 12.0. The summed E-state index contributed by atoms with van der Waals surface area (Å²) in [6, 6.07) is 6.87. The Labute approximate surface area is 183 Å². The number of anilines is 1. The van der Waals surface area contributed by atoms with Gasteiger partial charge in [0, 0.05) is 17.8 Å². The van der Waals surface area contributed by atoms with Crippen molar-refractivity contribution < 1.29 is 9.59 Å². The number of hydrogen-bond donors (Lipinski definition) is 3. The van der Waals surface area contributed by atoms with Gasteiger partial charge in [0.2, 0.25) is 11.8 Å². The van der Waals surface area contributed by atoms with Crippen LogP contribution >= 0.6 is 0 Å². The minimum absolute atomic E-state index is 0.0332. The zero-order chi connectivity index (χ0) is 21.9. The molecule has 1 rings (SSSR count). The average Bonchev–Trinajstić information content (AvgIpc) is 2.75. The van der Waals surface area contributed by atoms with Crippen molar-refractivity contribution in [3.05, 3.63) is 29.8 Å². The molecule has 5 nitrogen and oxygen atoms in total. The lowest BCUT2D eigenvalue weighted by atomic mass is 10.0. The summed E-state index contributed by atoms with van der Waals surface area (Å²) >= 11 is 0. The van der Waals surface area contributed by atoms with Gasteiger partial charge in [-0.2, -0.15) is 0 Å². The van der Waals surface area contributed by atoms with E-state index >= 15 is 0 Å². The Kier molecular flexibility index (Phi) is 15.4. The van der Waals surface area contributed by atoms with Gasteiger partial charge in [-0.05, 0) is 24.6 Å². The molecule has 30 heavy (non-hydrogen) atoms.